The third-order valence-corrected chi connectivity index (χ3v) is 7.82. The highest BCUT2D eigenvalue weighted by Gasteiger charge is 2.64. The third kappa shape index (κ3) is 4.16. The van der Waals surface area contributed by atoms with Crippen LogP contribution in [0.15, 0.2) is 42.5 Å². The number of anilines is 2. The zero-order valence-corrected chi connectivity index (χ0v) is 18.8. The van der Waals surface area contributed by atoms with Crippen molar-refractivity contribution in [3.05, 3.63) is 59.4 Å². The average Bonchev–Trinajstić information content (AvgIpc) is 3.14. The molecule has 172 valence electrons. The number of nitrogens with two attached hydrogens (primary N) is 1. The Hall–Kier alpha value is -3.11. The van der Waals surface area contributed by atoms with Crippen LogP contribution in [-0.4, -0.2) is 48.1 Å². The molecule has 0 bridgehead atoms. The quantitative estimate of drug-likeness (QED) is 0.646. The van der Waals surface area contributed by atoms with Crippen molar-refractivity contribution in [2.45, 2.75) is 43.6 Å². The lowest BCUT2D eigenvalue weighted by atomic mass is 9.92. The van der Waals surface area contributed by atoms with Gasteiger partial charge in [0.1, 0.15) is 5.82 Å². The maximum absolute atomic E-state index is 13.6. The summed E-state index contributed by atoms with van der Waals surface area (Å²) in [6, 6.07) is 14.5. The van der Waals surface area contributed by atoms with Crippen molar-refractivity contribution in [3.63, 3.8) is 0 Å². The number of carbonyl (C=O) groups excluding carboxylic acids is 1. The maximum Gasteiger partial charge on any atom is 0.322 e. The highest BCUT2D eigenvalue weighted by atomic mass is 19.1. The van der Waals surface area contributed by atoms with Gasteiger partial charge in [0.2, 0.25) is 0 Å². The van der Waals surface area contributed by atoms with Crippen LogP contribution in [0, 0.1) is 23.1 Å². The van der Waals surface area contributed by atoms with Crippen molar-refractivity contribution in [1.29, 1.82) is 5.26 Å². The first-order valence-electron chi connectivity index (χ1n) is 11.9. The zero-order chi connectivity index (χ0) is 23.0. The molecule has 2 aromatic rings. The van der Waals surface area contributed by atoms with E-state index < -0.39 is 5.82 Å². The molecule has 2 amide bonds. The summed E-state index contributed by atoms with van der Waals surface area (Å²) in [6.07, 6.45) is 5.44. The Morgan fingerprint density at radius 2 is 2.09 bits per heavy atom. The van der Waals surface area contributed by atoms with Crippen LogP contribution >= 0.6 is 0 Å². The van der Waals surface area contributed by atoms with E-state index in [1.54, 1.807) is 6.07 Å². The first-order valence-corrected chi connectivity index (χ1v) is 11.9. The molecule has 2 saturated carbocycles. The van der Waals surface area contributed by atoms with Gasteiger partial charge in [-0.05, 0) is 87.0 Å². The van der Waals surface area contributed by atoms with Crippen molar-refractivity contribution in [2.24, 2.45) is 5.92 Å². The standard InChI is InChI=1S/C26H30FN5O/c27-22-7-6-20(15-23(22)29)30-25(33)32(13-12-31-10-1-2-11-31)24-8-9-26(16-21(24)26)19-5-3-4-18(14-19)17-28/h3-7,14-15,21,24H,1-2,8-13,16,29H2,(H,30,33)/t21-,24-,26-/m1/s1. The Morgan fingerprint density at radius 3 is 2.82 bits per heavy atom. The number of carbonyl (C=O) groups is 1. The fourth-order valence-electron chi connectivity index (χ4n) is 5.97. The minimum absolute atomic E-state index is 0.0240. The summed E-state index contributed by atoms with van der Waals surface area (Å²) in [7, 11) is 0. The average molecular weight is 448 g/mol. The van der Waals surface area contributed by atoms with Gasteiger partial charge in [-0.3, -0.25) is 0 Å². The van der Waals surface area contributed by atoms with Crippen molar-refractivity contribution < 1.29 is 9.18 Å². The lowest BCUT2D eigenvalue weighted by Gasteiger charge is -2.32. The molecular formula is C26H30FN5O. The molecule has 0 radical (unpaired) electrons. The number of likely N-dealkylation sites (tertiary alicyclic amines) is 1. The number of nitrogens with zero attached hydrogens (tertiary/aromatic N) is 3. The number of amides is 2. The van der Waals surface area contributed by atoms with E-state index in [-0.39, 0.29) is 23.2 Å². The summed E-state index contributed by atoms with van der Waals surface area (Å²) < 4.78 is 13.6. The Balaban J connectivity index is 1.34. The minimum atomic E-state index is -0.489. The van der Waals surface area contributed by atoms with Gasteiger partial charge in [0.15, 0.2) is 0 Å². The summed E-state index contributed by atoms with van der Waals surface area (Å²) in [4.78, 5) is 17.8. The molecule has 3 aliphatic rings. The number of benzene rings is 2. The van der Waals surface area contributed by atoms with E-state index in [2.05, 4.69) is 22.4 Å². The van der Waals surface area contributed by atoms with Gasteiger partial charge in [0.25, 0.3) is 0 Å². The number of halogens is 1. The number of nitrogens with one attached hydrogen (secondary N) is 1. The second-order valence-corrected chi connectivity index (χ2v) is 9.67. The summed E-state index contributed by atoms with van der Waals surface area (Å²) in [5, 5.41) is 12.3. The van der Waals surface area contributed by atoms with E-state index in [0.717, 1.165) is 38.9 Å². The van der Waals surface area contributed by atoms with Crippen LogP contribution in [0.4, 0.5) is 20.6 Å². The molecule has 1 saturated heterocycles. The molecule has 3 fully saturated rings. The number of nitrogen functional groups attached to an aromatic ring is 1. The molecule has 7 heteroatoms. The van der Waals surface area contributed by atoms with Crippen LogP contribution in [0.1, 0.15) is 43.2 Å². The monoisotopic (exact) mass is 447 g/mol. The van der Waals surface area contributed by atoms with Gasteiger partial charge in [-0.15, -0.1) is 0 Å². The molecule has 0 aromatic heterocycles. The van der Waals surface area contributed by atoms with Crippen molar-refractivity contribution >= 4 is 17.4 Å². The molecular weight excluding hydrogens is 417 g/mol. The number of rotatable bonds is 6. The van der Waals surface area contributed by atoms with Crippen molar-refractivity contribution in [2.75, 3.05) is 37.2 Å². The summed E-state index contributed by atoms with van der Waals surface area (Å²) in [5.74, 6) is -0.0916. The van der Waals surface area contributed by atoms with Gasteiger partial charge >= 0.3 is 6.03 Å². The van der Waals surface area contributed by atoms with Gasteiger partial charge < -0.3 is 20.9 Å². The molecule has 6 nitrogen and oxygen atoms in total. The second-order valence-electron chi connectivity index (χ2n) is 9.67. The summed E-state index contributed by atoms with van der Waals surface area (Å²) in [6.45, 7) is 3.70. The van der Waals surface area contributed by atoms with Crippen molar-refractivity contribution in [1.82, 2.24) is 9.80 Å². The van der Waals surface area contributed by atoms with Crippen LogP contribution in [0.25, 0.3) is 0 Å². The number of hydrogen-bond acceptors (Lipinski definition) is 4. The number of fused-ring (bicyclic) bond motifs is 1. The van der Waals surface area contributed by atoms with Gasteiger partial charge in [0.05, 0.1) is 17.3 Å². The van der Waals surface area contributed by atoms with Gasteiger partial charge in [0, 0.05) is 30.2 Å². The Bertz CT molecular complexity index is 1090. The predicted molar refractivity (Wildman–Crippen MR) is 126 cm³/mol. The van der Waals surface area contributed by atoms with E-state index in [0.29, 0.717) is 23.7 Å². The lowest BCUT2D eigenvalue weighted by Crippen LogP contribution is -2.46. The Kier molecular flexibility index (Phi) is 5.71. The number of hydrogen-bond donors (Lipinski definition) is 2. The van der Waals surface area contributed by atoms with E-state index in [1.807, 2.05) is 23.1 Å². The topological polar surface area (TPSA) is 85.4 Å². The van der Waals surface area contributed by atoms with Crippen molar-refractivity contribution in [3.8, 4) is 6.07 Å². The summed E-state index contributed by atoms with van der Waals surface area (Å²) >= 11 is 0. The molecule has 0 unspecified atom stereocenters. The first-order chi connectivity index (χ1) is 16.0. The zero-order valence-electron chi connectivity index (χ0n) is 18.8. The van der Waals surface area contributed by atoms with Crippen LogP contribution in [0.5, 0.6) is 0 Å². The minimum Gasteiger partial charge on any atom is -0.396 e. The molecule has 2 aliphatic carbocycles. The molecule has 5 rings (SSSR count). The maximum atomic E-state index is 13.6. The van der Waals surface area contributed by atoms with E-state index >= 15 is 0 Å². The van der Waals surface area contributed by atoms with Gasteiger partial charge in [-0.1, -0.05) is 12.1 Å². The van der Waals surface area contributed by atoms with Crippen LogP contribution < -0.4 is 11.1 Å². The molecule has 2 aromatic carbocycles. The molecule has 3 N–H and O–H groups in total. The summed E-state index contributed by atoms with van der Waals surface area (Å²) in [5.41, 5.74) is 8.22. The molecule has 3 atom stereocenters. The van der Waals surface area contributed by atoms with Crippen LogP contribution in [-0.2, 0) is 5.41 Å². The highest BCUT2D eigenvalue weighted by molar-refractivity contribution is 5.90. The van der Waals surface area contributed by atoms with Gasteiger partial charge in [-0.25, -0.2) is 9.18 Å². The van der Waals surface area contributed by atoms with Crippen LogP contribution in [0.3, 0.4) is 0 Å². The third-order valence-electron chi connectivity index (χ3n) is 7.82. The SMILES string of the molecule is N#Cc1cccc([C@]23CC[C@@H](N(CCN4CCCC4)C(=O)Nc4ccc(F)c(N)c4)[C@H]2C3)c1. The fraction of sp³-hybridized carbons (Fsp3) is 0.462. The Labute approximate surface area is 194 Å². The number of nitriles is 1. The van der Waals surface area contributed by atoms with Crippen LogP contribution in [0.2, 0.25) is 0 Å². The van der Waals surface area contributed by atoms with E-state index in [9.17, 15) is 14.4 Å². The lowest BCUT2D eigenvalue weighted by molar-refractivity contribution is 0.168. The molecule has 0 spiro atoms. The fourth-order valence-corrected chi connectivity index (χ4v) is 5.97. The smallest absolute Gasteiger partial charge is 0.322 e. The second kappa shape index (κ2) is 8.68. The van der Waals surface area contributed by atoms with Gasteiger partial charge in [-0.2, -0.15) is 5.26 Å². The predicted octanol–water partition coefficient (Wildman–Crippen LogP) is 4.33. The largest absolute Gasteiger partial charge is 0.396 e. The first kappa shape index (κ1) is 21.7. The molecule has 1 heterocycles. The highest BCUT2D eigenvalue weighted by Crippen LogP contribution is 2.65. The Morgan fingerprint density at radius 1 is 1.27 bits per heavy atom. The number of urea groups is 1. The molecule has 1 aliphatic heterocycles. The molecule has 33 heavy (non-hydrogen) atoms. The van der Waals surface area contributed by atoms with E-state index in [4.69, 9.17) is 5.73 Å². The van der Waals surface area contributed by atoms with E-state index in [1.165, 1.54) is 30.5 Å². The normalized spacial score (nSPS) is 25.9.